The molecule has 1 atom stereocenters. The molecule has 0 aliphatic carbocycles. The van der Waals surface area contributed by atoms with Crippen LogP contribution in [0.4, 0.5) is 4.79 Å². The fraction of sp³-hybridized carbons (Fsp3) is 0.933. The number of hydrogen-bond donors (Lipinski definition) is 0. The zero-order valence-electron chi connectivity index (χ0n) is 13.7. The molecule has 0 aromatic heterocycles. The van der Waals surface area contributed by atoms with Gasteiger partial charge in [0.2, 0.25) is 0 Å². The normalized spacial score (nSPS) is 20.7. The molecule has 0 radical (unpaired) electrons. The van der Waals surface area contributed by atoms with E-state index in [-0.39, 0.29) is 6.09 Å². The van der Waals surface area contributed by atoms with Crippen LogP contribution in [0.25, 0.3) is 0 Å². The van der Waals surface area contributed by atoms with Gasteiger partial charge in [-0.25, -0.2) is 4.79 Å². The van der Waals surface area contributed by atoms with Crippen molar-refractivity contribution in [3.8, 4) is 0 Å². The van der Waals surface area contributed by atoms with Crippen molar-refractivity contribution in [1.29, 1.82) is 0 Å². The van der Waals surface area contributed by atoms with Crippen LogP contribution in [-0.4, -0.2) is 35.2 Å². The van der Waals surface area contributed by atoms with Crippen molar-refractivity contribution in [2.75, 3.05) is 6.54 Å². The van der Waals surface area contributed by atoms with Gasteiger partial charge in [0.1, 0.15) is 5.60 Å². The minimum Gasteiger partial charge on any atom is -0.444 e. The summed E-state index contributed by atoms with van der Waals surface area (Å²) in [7, 11) is 0. The van der Waals surface area contributed by atoms with Crippen LogP contribution < -0.4 is 0 Å². The number of rotatable bonds is 4. The maximum absolute atomic E-state index is 12.4. The fourth-order valence-corrected chi connectivity index (χ4v) is 3.76. The molecule has 1 aliphatic rings. The molecule has 0 unspecified atom stereocenters. The van der Waals surface area contributed by atoms with E-state index in [2.05, 4.69) is 20.8 Å². The first kappa shape index (κ1) is 16.4. The second kappa shape index (κ2) is 6.19. The molecule has 3 nitrogen and oxygen atoms in total. The summed E-state index contributed by atoms with van der Waals surface area (Å²) in [4.78, 5) is 14.4. The first-order chi connectivity index (χ1) is 8.79. The largest absolute Gasteiger partial charge is 0.444 e. The van der Waals surface area contributed by atoms with E-state index in [1.165, 1.54) is 19.0 Å². The summed E-state index contributed by atoms with van der Waals surface area (Å²) in [5.41, 5.74) is -0.398. The monoisotopic (exact) mass is 268 g/mol. The summed E-state index contributed by atoms with van der Waals surface area (Å²) in [5, 5.41) is 0. The van der Waals surface area contributed by atoms with E-state index in [0.29, 0.717) is 5.94 Å². The van der Waals surface area contributed by atoms with Crippen LogP contribution in [0.3, 0.4) is 0 Å². The van der Waals surface area contributed by atoms with E-state index in [0.717, 1.165) is 19.4 Å². The van der Waals surface area contributed by atoms with E-state index < -0.39 is 11.7 Å². The zero-order chi connectivity index (χ0) is 14.7. The molecule has 0 saturated carbocycles. The molecule has 1 fully saturated rings. The number of carbonyl (C=O) groups excluding carboxylic acids is 1. The van der Waals surface area contributed by atoms with Crippen LogP contribution in [0, 0.1) is 0 Å². The van der Waals surface area contributed by atoms with Crippen molar-refractivity contribution in [2.45, 2.75) is 84.9 Å². The van der Waals surface area contributed by atoms with Crippen molar-refractivity contribution in [3.05, 3.63) is 0 Å². The Morgan fingerprint density at radius 3 is 2.16 bits per heavy atom. The highest BCUT2D eigenvalue weighted by Gasteiger charge is 2.39. The third-order valence-corrected chi connectivity index (χ3v) is 5.18. The van der Waals surface area contributed by atoms with Gasteiger partial charge in [0.05, 0.1) is 0 Å². The van der Waals surface area contributed by atoms with Gasteiger partial charge >= 0.3 is 6.09 Å². The average Bonchev–Trinajstić information content (AvgIpc) is 2.80. The summed E-state index contributed by atoms with van der Waals surface area (Å²) in [5.74, 6) is 0.412. The predicted octanol–water partition coefficient (Wildman–Crippen LogP) is 4.43. The van der Waals surface area contributed by atoms with Crippen molar-refractivity contribution in [3.63, 3.8) is 0 Å². The molecule has 1 amide bonds. The number of amides is 1. The lowest BCUT2D eigenvalue weighted by atomic mass is 9.16. The predicted molar refractivity (Wildman–Crippen MR) is 83.2 cm³/mol. The Morgan fingerprint density at radius 2 is 1.74 bits per heavy atom. The van der Waals surface area contributed by atoms with E-state index in [1.54, 1.807) is 0 Å². The third kappa shape index (κ3) is 3.67. The average molecular weight is 268 g/mol. The summed E-state index contributed by atoms with van der Waals surface area (Å²) < 4.78 is 5.58. The first-order valence-corrected chi connectivity index (χ1v) is 8.00. The van der Waals surface area contributed by atoms with Gasteiger partial charge in [-0.1, -0.05) is 33.1 Å². The highest BCUT2D eigenvalue weighted by atomic mass is 16.6. The Hall–Kier alpha value is -0.665. The Balaban J connectivity index is 2.86. The van der Waals surface area contributed by atoms with Gasteiger partial charge in [-0.05, 0) is 27.2 Å². The van der Waals surface area contributed by atoms with E-state index in [9.17, 15) is 4.79 Å². The maximum atomic E-state index is 12.4. The van der Waals surface area contributed by atoms with Gasteiger partial charge < -0.3 is 9.64 Å². The zero-order valence-corrected chi connectivity index (χ0v) is 13.7. The van der Waals surface area contributed by atoms with Crippen LogP contribution in [0.15, 0.2) is 0 Å². The number of likely N-dealkylation sites (tertiary alicyclic amines) is 1. The highest BCUT2D eigenvalue weighted by molar-refractivity contribution is 6.81. The third-order valence-electron chi connectivity index (χ3n) is 5.18. The molecule has 0 bridgehead atoms. The fourth-order valence-electron chi connectivity index (χ4n) is 3.76. The van der Waals surface area contributed by atoms with Crippen LogP contribution >= 0.6 is 0 Å². The molecule has 0 N–H and O–H groups in total. The summed E-state index contributed by atoms with van der Waals surface area (Å²) >= 11 is 0. The van der Waals surface area contributed by atoms with Crippen LogP contribution in [-0.2, 0) is 4.74 Å². The Kier molecular flexibility index (Phi) is 5.34. The highest BCUT2D eigenvalue weighted by Crippen LogP contribution is 2.34. The minimum absolute atomic E-state index is 0.114. The van der Waals surface area contributed by atoms with Gasteiger partial charge in [0.25, 0.3) is 0 Å². The van der Waals surface area contributed by atoms with Gasteiger partial charge in [0.15, 0.2) is 0 Å². The molecular formula is C15H31BNO2-. The smallest absolute Gasteiger partial charge is 0.407 e. The minimum atomic E-state index is -0.471. The molecule has 19 heavy (non-hydrogen) atoms. The molecule has 4 heteroatoms. The molecule has 112 valence electrons. The van der Waals surface area contributed by atoms with Crippen LogP contribution in [0.2, 0.25) is 19.0 Å². The van der Waals surface area contributed by atoms with Gasteiger partial charge in [-0.15, -0.1) is 0 Å². The molecule has 0 aromatic carbocycles. The Labute approximate surface area is 119 Å². The van der Waals surface area contributed by atoms with Gasteiger partial charge in [-0.3, -0.25) is 0 Å². The molecule has 1 rings (SSSR count). The Morgan fingerprint density at radius 1 is 1.21 bits per heavy atom. The first-order valence-electron chi connectivity index (χ1n) is 8.00. The van der Waals surface area contributed by atoms with Crippen LogP contribution in [0.1, 0.15) is 54.4 Å². The molecule has 1 heterocycles. The summed E-state index contributed by atoms with van der Waals surface area (Å²) in [6, 6.07) is 0. The second-order valence-electron chi connectivity index (χ2n) is 7.18. The SMILES string of the molecule is CC[B-](CC)(CC)[C@H]1CCCN1C(=O)OC(C)(C)C. The lowest BCUT2D eigenvalue weighted by molar-refractivity contribution is 0.0266. The summed E-state index contributed by atoms with van der Waals surface area (Å²) in [6.07, 6.45) is 5.26. The second-order valence-corrected chi connectivity index (χ2v) is 7.18. The molecule has 0 spiro atoms. The number of carbonyl (C=O) groups is 1. The molecular weight excluding hydrogens is 237 g/mol. The number of nitrogens with zero attached hydrogens (tertiary/aromatic N) is 1. The number of ether oxygens (including phenoxy) is 1. The molecule has 1 saturated heterocycles. The summed E-state index contributed by atoms with van der Waals surface area (Å²) in [6.45, 7) is 13.5. The van der Waals surface area contributed by atoms with Gasteiger partial charge in [-0.2, -0.15) is 19.0 Å². The lowest BCUT2D eigenvalue weighted by Crippen LogP contribution is -2.55. The van der Waals surface area contributed by atoms with E-state index >= 15 is 0 Å². The topological polar surface area (TPSA) is 29.5 Å². The van der Waals surface area contributed by atoms with Crippen molar-refractivity contribution < 1.29 is 9.53 Å². The number of hydrogen-bond acceptors (Lipinski definition) is 2. The Bertz CT molecular complexity index is 299. The van der Waals surface area contributed by atoms with Crippen molar-refractivity contribution in [1.82, 2.24) is 4.90 Å². The van der Waals surface area contributed by atoms with Crippen molar-refractivity contribution >= 4 is 12.2 Å². The standard InChI is InChI=1S/C15H31BNO2/c1-7-16(8-2,9-3)13-11-10-12-17(13)14(18)19-15(4,5)6/h13H,7-12H2,1-6H3/q-1/t13-/m1/s1. The van der Waals surface area contributed by atoms with Gasteiger partial charge in [0, 0.05) is 12.7 Å². The van der Waals surface area contributed by atoms with E-state index in [4.69, 9.17) is 4.74 Å². The molecule has 0 aromatic rings. The maximum Gasteiger partial charge on any atom is 0.407 e. The molecule has 1 aliphatic heterocycles. The lowest BCUT2D eigenvalue weighted by Gasteiger charge is -2.47. The quantitative estimate of drug-likeness (QED) is 0.706. The van der Waals surface area contributed by atoms with E-state index in [1.807, 2.05) is 25.7 Å². The van der Waals surface area contributed by atoms with Crippen molar-refractivity contribution in [2.24, 2.45) is 0 Å². The van der Waals surface area contributed by atoms with Crippen LogP contribution in [0.5, 0.6) is 0 Å².